The van der Waals surface area contributed by atoms with Crippen molar-refractivity contribution in [3.63, 3.8) is 0 Å². The molecule has 2 aromatic rings. The second kappa shape index (κ2) is 6.89. The lowest BCUT2D eigenvalue weighted by Crippen LogP contribution is -2.41. The van der Waals surface area contributed by atoms with Crippen molar-refractivity contribution in [3.05, 3.63) is 46.9 Å². The summed E-state index contributed by atoms with van der Waals surface area (Å²) in [7, 11) is 0. The van der Waals surface area contributed by atoms with E-state index in [4.69, 9.17) is 16.3 Å². The van der Waals surface area contributed by atoms with Crippen molar-refractivity contribution < 1.29 is 13.9 Å². The summed E-state index contributed by atoms with van der Waals surface area (Å²) in [5.41, 5.74) is 0.854. The lowest BCUT2D eigenvalue weighted by atomic mass is 10.3. The van der Waals surface area contributed by atoms with Crippen molar-refractivity contribution in [1.29, 1.82) is 0 Å². The molecule has 23 heavy (non-hydrogen) atoms. The second-order valence-corrected chi connectivity index (χ2v) is 5.37. The van der Waals surface area contributed by atoms with Crippen LogP contribution < -0.4 is 5.32 Å². The topological polar surface area (TPSA) is 67.4 Å². The highest BCUT2D eigenvalue weighted by atomic mass is 35.5. The Morgan fingerprint density at radius 1 is 1.22 bits per heavy atom. The Kier molecular flexibility index (Phi) is 4.68. The summed E-state index contributed by atoms with van der Waals surface area (Å²) >= 11 is 5.72. The van der Waals surface area contributed by atoms with Crippen LogP contribution in [0.3, 0.4) is 0 Å². The highest BCUT2D eigenvalue weighted by Crippen LogP contribution is 2.21. The first kappa shape index (κ1) is 15.6. The number of aromatic nitrogens is 2. The molecule has 120 valence electrons. The second-order valence-electron chi connectivity index (χ2n) is 4.96. The fourth-order valence-electron chi connectivity index (χ4n) is 2.16. The van der Waals surface area contributed by atoms with Crippen molar-refractivity contribution in [2.45, 2.75) is 0 Å². The van der Waals surface area contributed by atoms with E-state index in [9.17, 15) is 9.18 Å². The predicted molar refractivity (Wildman–Crippen MR) is 83.4 cm³/mol. The predicted octanol–water partition coefficient (Wildman–Crippen LogP) is 2.49. The van der Waals surface area contributed by atoms with Crippen LogP contribution in [0.25, 0.3) is 0 Å². The standard InChI is InChI=1S/C15H14ClFN4O2/c16-11-9-10(1-2-12(11)17)18-14-4-3-13(19-20-14)15(22)21-5-7-23-8-6-21/h1-4,9H,5-8H2,(H,18,20). The van der Waals surface area contributed by atoms with E-state index in [1.54, 1.807) is 17.0 Å². The summed E-state index contributed by atoms with van der Waals surface area (Å²) < 4.78 is 18.3. The summed E-state index contributed by atoms with van der Waals surface area (Å²) in [5, 5.41) is 10.9. The quantitative estimate of drug-likeness (QED) is 0.932. The number of morpholine rings is 1. The zero-order valence-electron chi connectivity index (χ0n) is 12.1. The molecular weight excluding hydrogens is 323 g/mol. The van der Waals surface area contributed by atoms with E-state index in [0.717, 1.165) is 0 Å². The maximum Gasteiger partial charge on any atom is 0.274 e. The summed E-state index contributed by atoms with van der Waals surface area (Å²) in [4.78, 5) is 13.9. The molecule has 1 aliphatic rings. The van der Waals surface area contributed by atoms with E-state index in [1.807, 2.05) is 0 Å². The van der Waals surface area contributed by atoms with Crippen LogP contribution >= 0.6 is 11.6 Å². The monoisotopic (exact) mass is 336 g/mol. The molecule has 1 aromatic carbocycles. The van der Waals surface area contributed by atoms with Crippen LogP contribution in [-0.2, 0) is 4.74 Å². The molecule has 1 saturated heterocycles. The summed E-state index contributed by atoms with van der Waals surface area (Å²) in [6.07, 6.45) is 0. The number of carbonyl (C=O) groups excluding carboxylic acids is 1. The van der Waals surface area contributed by atoms with E-state index >= 15 is 0 Å². The summed E-state index contributed by atoms with van der Waals surface area (Å²) in [6.45, 7) is 2.16. The van der Waals surface area contributed by atoms with Crippen LogP contribution in [0.5, 0.6) is 0 Å². The number of ether oxygens (including phenoxy) is 1. The first-order valence-corrected chi connectivity index (χ1v) is 7.44. The average Bonchev–Trinajstić information content (AvgIpc) is 2.59. The zero-order chi connectivity index (χ0) is 16.2. The van der Waals surface area contributed by atoms with Gasteiger partial charge in [0.05, 0.1) is 18.2 Å². The fourth-order valence-corrected chi connectivity index (χ4v) is 2.34. The van der Waals surface area contributed by atoms with Gasteiger partial charge in [0.15, 0.2) is 11.5 Å². The van der Waals surface area contributed by atoms with Crippen LogP contribution in [0.2, 0.25) is 5.02 Å². The molecule has 8 heteroatoms. The lowest BCUT2D eigenvalue weighted by molar-refractivity contribution is 0.0298. The molecule has 0 radical (unpaired) electrons. The summed E-state index contributed by atoms with van der Waals surface area (Å²) in [6, 6.07) is 7.48. The SMILES string of the molecule is O=C(c1ccc(Nc2ccc(F)c(Cl)c2)nn1)N1CCOCC1. The number of rotatable bonds is 3. The van der Waals surface area contributed by atoms with Gasteiger partial charge in [-0.05, 0) is 30.3 Å². The number of carbonyl (C=O) groups is 1. The highest BCUT2D eigenvalue weighted by Gasteiger charge is 2.19. The fraction of sp³-hybridized carbons (Fsp3) is 0.267. The molecule has 0 bridgehead atoms. The molecule has 0 spiro atoms. The Bertz CT molecular complexity index is 705. The first-order chi connectivity index (χ1) is 11.1. The molecule has 0 unspecified atom stereocenters. The number of nitrogens with zero attached hydrogens (tertiary/aromatic N) is 3. The molecule has 0 aliphatic carbocycles. The Balaban J connectivity index is 1.68. The van der Waals surface area contributed by atoms with E-state index < -0.39 is 5.82 Å². The van der Waals surface area contributed by atoms with Gasteiger partial charge >= 0.3 is 0 Å². The van der Waals surface area contributed by atoms with Gasteiger partial charge in [0.1, 0.15) is 5.82 Å². The minimum atomic E-state index is -0.491. The van der Waals surface area contributed by atoms with Gasteiger partial charge in [0, 0.05) is 18.8 Å². The molecular formula is C15H14ClFN4O2. The smallest absolute Gasteiger partial charge is 0.274 e. The average molecular weight is 337 g/mol. The van der Waals surface area contributed by atoms with Gasteiger partial charge in [0.25, 0.3) is 5.91 Å². The number of amides is 1. The minimum Gasteiger partial charge on any atom is -0.378 e. The van der Waals surface area contributed by atoms with E-state index in [-0.39, 0.29) is 16.6 Å². The van der Waals surface area contributed by atoms with Crippen LogP contribution in [0.4, 0.5) is 15.9 Å². The third-order valence-corrected chi connectivity index (χ3v) is 3.66. The molecule has 6 nitrogen and oxygen atoms in total. The number of hydrogen-bond donors (Lipinski definition) is 1. The van der Waals surface area contributed by atoms with Crippen molar-refractivity contribution in [2.75, 3.05) is 31.6 Å². The number of nitrogens with one attached hydrogen (secondary N) is 1. The molecule has 1 fully saturated rings. The van der Waals surface area contributed by atoms with Gasteiger partial charge in [-0.25, -0.2) is 4.39 Å². The third-order valence-electron chi connectivity index (χ3n) is 3.37. The van der Waals surface area contributed by atoms with Gasteiger partial charge in [-0.15, -0.1) is 10.2 Å². The number of hydrogen-bond acceptors (Lipinski definition) is 5. The molecule has 1 aliphatic heterocycles. The van der Waals surface area contributed by atoms with Gasteiger partial charge < -0.3 is 15.0 Å². The number of anilines is 2. The van der Waals surface area contributed by atoms with Crippen LogP contribution in [-0.4, -0.2) is 47.3 Å². The van der Waals surface area contributed by atoms with Gasteiger partial charge in [-0.1, -0.05) is 11.6 Å². The molecule has 3 rings (SSSR count). The molecule has 1 N–H and O–H groups in total. The first-order valence-electron chi connectivity index (χ1n) is 7.06. The Morgan fingerprint density at radius 3 is 2.65 bits per heavy atom. The Hall–Kier alpha value is -2.25. The molecule has 0 atom stereocenters. The molecule has 1 aromatic heterocycles. The van der Waals surface area contributed by atoms with Crippen molar-refractivity contribution in [2.24, 2.45) is 0 Å². The van der Waals surface area contributed by atoms with Crippen LogP contribution in [0.15, 0.2) is 30.3 Å². The highest BCUT2D eigenvalue weighted by molar-refractivity contribution is 6.31. The molecule has 1 amide bonds. The zero-order valence-corrected chi connectivity index (χ0v) is 12.9. The maximum absolute atomic E-state index is 13.1. The van der Waals surface area contributed by atoms with Gasteiger partial charge in [-0.2, -0.15) is 0 Å². The Morgan fingerprint density at radius 2 is 2.00 bits per heavy atom. The van der Waals surface area contributed by atoms with Crippen molar-refractivity contribution in [1.82, 2.24) is 15.1 Å². The maximum atomic E-state index is 13.1. The lowest BCUT2D eigenvalue weighted by Gasteiger charge is -2.26. The largest absolute Gasteiger partial charge is 0.378 e. The number of benzene rings is 1. The van der Waals surface area contributed by atoms with Crippen LogP contribution in [0.1, 0.15) is 10.5 Å². The number of halogens is 2. The van der Waals surface area contributed by atoms with Gasteiger partial charge in [0.2, 0.25) is 0 Å². The van der Waals surface area contributed by atoms with Crippen LogP contribution in [0, 0.1) is 5.82 Å². The van der Waals surface area contributed by atoms with E-state index in [1.165, 1.54) is 18.2 Å². The Labute approximate surface area is 137 Å². The van der Waals surface area contributed by atoms with Crippen molar-refractivity contribution in [3.8, 4) is 0 Å². The van der Waals surface area contributed by atoms with Gasteiger partial charge in [-0.3, -0.25) is 4.79 Å². The minimum absolute atomic E-state index is 0.0158. The van der Waals surface area contributed by atoms with E-state index in [0.29, 0.717) is 37.8 Å². The third kappa shape index (κ3) is 3.75. The summed E-state index contributed by atoms with van der Waals surface area (Å²) in [5.74, 6) is -0.224. The normalized spacial score (nSPS) is 14.6. The van der Waals surface area contributed by atoms with E-state index in [2.05, 4.69) is 15.5 Å². The molecule has 0 saturated carbocycles. The van der Waals surface area contributed by atoms with Crippen molar-refractivity contribution >= 4 is 29.0 Å². The molecule has 2 heterocycles.